The molecule has 57 heavy (non-hydrogen) atoms. The van der Waals surface area contributed by atoms with E-state index in [1.807, 2.05) is 30.3 Å². The molecule has 1 atom stereocenters. The van der Waals surface area contributed by atoms with Gasteiger partial charge in [-0.2, -0.15) is 0 Å². The fourth-order valence-electron chi connectivity index (χ4n) is 8.81. The van der Waals surface area contributed by atoms with E-state index in [0.717, 1.165) is 66.7 Å². The van der Waals surface area contributed by atoms with Gasteiger partial charge >= 0.3 is 0 Å². The van der Waals surface area contributed by atoms with Crippen molar-refractivity contribution in [1.29, 1.82) is 0 Å². The number of hydrogen-bond donors (Lipinski definition) is 0. The van der Waals surface area contributed by atoms with Crippen molar-refractivity contribution >= 4 is 21.9 Å². The molecule has 0 fully saturated rings. The minimum atomic E-state index is -0.261. The van der Waals surface area contributed by atoms with Crippen LogP contribution in [0.3, 0.4) is 0 Å². The summed E-state index contributed by atoms with van der Waals surface area (Å²) in [5.41, 5.74) is 17.5. The highest BCUT2D eigenvalue weighted by atomic mass is 16.3. The first kappa shape index (κ1) is 33.0. The van der Waals surface area contributed by atoms with Crippen LogP contribution in [0.15, 0.2) is 205 Å². The molecule has 3 heteroatoms. The van der Waals surface area contributed by atoms with Crippen molar-refractivity contribution in [3.8, 4) is 67.3 Å². The molecule has 0 saturated heterocycles. The summed E-state index contributed by atoms with van der Waals surface area (Å²) in [6.45, 7) is 2.37. The molecule has 3 nitrogen and oxygen atoms in total. The van der Waals surface area contributed by atoms with Crippen molar-refractivity contribution < 1.29 is 4.42 Å². The zero-order valence-electron chi connectivity index (χ0n) is 31.4. The Hall–Kier alpha value is -7.36. The highest BCUT2D eigenvalue weighted by Gasteiger charge is 2.40. The number of rotatable bonds is 6. The van der Waals surface area contributed by atoms with Crippen molar-refractivity contribution in [3.05, 3.63) is 217 Å². The maximum absolute atomic E-state index is 6.20. The van der Waals surface area contributed by atoms with Crippen LogP contribution in [-0.2, 0) is 5.41 Å². The summed E-state index contributed by atoms with van der Waals surface area (Å²) < 4.78 is 6.20. The Morgan fingerprint density at radius 3 is 1.79 bits per heavy atom. The van der Waals surface area contributed by atoms with Gasteiger partial charge in [-0.15, -0.1) is 0 Å². The van der Waals surface area contributed by atoms with Crippen LogP contribution in [-0.4, -0.2) is 9.97 Å². The number of nitrogens with zero attached hydrogens (tertiary/aromatic N) is 2. The molecule has 0 amide bonds. The Balaban J connectivity index is 0.978. The molecule has 10 aromatic rings. The van der Waals surface area contributed by atoms with E-state index in [1.54, 1.807) is 0 Å². The van der Waals surface area contributed by atoms with Crippen molar-refractivity contribution in [3.63, 3.8) is 0 Å². The topological polar surface area (TPSA) is 38.9 Å². The van der Waals surface area contributed by atoms with E-state index in [4.69, 9.17) is 14.4 Å². The van der Waals surface area contributed by atoms with E-state index in [9.17, 15) is 0 Å². The predicted octanol–water partition coefficient (Wildman–Crippen LogP) is 14.0. The van der Waals surface area contributed by atoms with Gasteiger partial charge in [-0.25, -0.2) is 9.97 Å². The second kappa shape index (κ2) is 13.1. The van der Waals surface area contributed by atoms with Crippen LogP contribution in [0.2, 0.25) is 0 Å². The molecule has 0 spiro atoms. The van der Waals surface area contributed by atoms with Gasteiger partial charge in [-0.1, -0.05) is 164 Å². The summed E-state index contributed by atoms with van der Waals surface area (Å²) in [5.74, 6) is 0.696. The standard InChI is InChI=1S/C54H36N2O/c1-54(42-17-6-3-7-18-42)47-21-10-8-19-43(47)44-29-27-39(32-48(44)54)38-15-12-16-41(31-38)50-34-49(55-53(56-50)37-13-4-2-5-14-37)36-25-23-35(24-26-36)40-28-30-46-45-20-9-11-22-51(45)57-52(46)33-40/h2-34H,1H3. The third-order valence-electron chi connectivity index (χ3n) is 11.8. The molecule has 0 N–H and O–H groups in total. The number of furan rings is 1. The highest BCUT2D eigenvalue weighted by Crippen LogP contribution is 2.53. The van der Waals surface area contributed by atoms with Crippen LogP contribution in [0.4, 0.5) is 0 Å². The fourth-order valence-corrected chi connectivity index (χ4v) is 8.81. The number of para-hydroxylation sites is 1. The van der Waals surface area contributed by atoms with Crippen LogP contribution in [0.25, 0.3) is 89.2 Å². The summed E-state index contributed by atoms with van der Waals surface area (Å²) in [6, 6.07) is 71.1. The summed E-state index contributed by atoms with van der Waals surface area (Å²) in [7, 11) is 0. The molecule has 2 aromatic heterocycles. The second-order valence-electron chi connectivity index (χ2n) is 15.1. The molecule has 0 bridgehead atoms. The third-order valence-corrected chi connectivity index (χ3v) is 11.8. The maximum atomic E-state index is 6.20. The predicted molar refractivity (Wildman–Crippen MR) is 234 cm³/mol. The lowest BCUT2D eigenvalue weighted by atomic mass is 9.74. The van der Waals surface area contributed by atoms with Gasteiger partial charge in [0, 0.05) is 32.9 Å². The quantitative estimate of drug-likeness (QED) is 0.171. The summed E-state index contributed by atoms with van der Waals surface area (Å²) in [6.07, 6.45) is 0. The van der Waals surface area contributed by atoms with Crippen LogP contribution in [0.5, 0.6) is 0 Å². The zero-order chi connectivity index (χ0) is 37.9. The van der Waals surface area contributed by atoms with E-state index in [0.29, 0.717) is 5.82 Å². The Labute approximate surface area is 331 Å². The molecule has 1 aliphatic carbocycles. The molecule has 0 aliphatic heterocycles. The Kier molecular flexibility index (Phi) is 7.61. The number of aromatic nitrogens is 2. The summed E-state index contributed by atoms with van der Waals surface area (Å²) in [4.78, 5) is 10.3. The van der Waals surface area contributed by atoms with Crippen molar-refractivity contribution in [2.45, 2.75) is 12.3 Å². The van der Waals surface area contributed by atoms with E-state index in [2.05, 4.69) is 177 Å². The largest absolute Gasteiger partial charge is 0.456 e. The lowest BCUT2D eigenvalue weighted by Crippen LogP contribution is -2.22. The van der Waals surface area contributed by atoms with Gasteiger partial charge in [0.1, 0.15) is 11.2 Å². The molecule has 2 heterocycles. The number of fused-ring (bicyclic) bond motifs is 6. The number of hydrogen-bond acceptors (Lipinski definition) is 3. The first-order chi connectivity index (χ1) is 28.1. The Morgan fingerprint density at radius 1 is 0.368 bits per heavy atom. The molecule has 0 radical (unpaired) electrons. The SMILES string of the molecule is CC1(c2ccccc2)c2ccccc2-c2ccc(-c3cccc(-c4cc(-c5ccc(-c6ccc7c(c6)oc6ccccc67)cc5)nc(-c5ccccc5)n4)c3)cc21. The number of benzene rings is 8. The van der Waals surface area contributed by atoms with Crippen molar-refractivity contribution in [1.82, 2.24) is 9.97 Å². The van der Waals surface area contributed by atoms with Gasteiger partial charge in [0.05, 0.1) is 11.4 Å². The maximum Gasteiger partial charge on any atom is 0.160 e. The minimum absolute atomic E-state index is 0.261. The van der Waals surface area contributed by atoms with Crippen molar-refractivity contribution in [2.75, 3.05) is 0 Å². The van der Waals surface area contributed by atoms with Crippen molar-refractivity contribution in [2.24, 2.45) is 0 Å². The van der Waals surface area contributed by atoms with Gasteiger partial charge in [0.15, 0.2) is 5.82 Å². The van der Waals surface area contributed by atoms with Gasteiger partial charge in [0.2, 0.25) is 0 Å². The lowest BCUT2D eigenvalue weighted by Gasteiger charge is -2.28. The smallest absolute Gasteiger partial charge is 0.160 e. The molecule has 8 aromatic carbocycles. The van der Waals surface area contributed by atoms with E-state index < -0.39 is 0 Å². The molecule has 268 valence electrons. The molecular weight excluding hydrogens is 693 g/mol. The lowest BCUT2D eigenvalue weighted by molar-refractivity contribution is 0.669. The van der Waals surface area contributed by atoms with E-state index >= 15 is 0 Å². The Morgan fingerprint density at radius 2 is 0.947 bits per heavy atom. The monoisotopic (exact) mass is 728 g/mol. The molecule has 1 unspecified atom stereocenters. The van der Waals surface area contributed by atoms with Crippen LogP contribution >= 0.6 is 0 Å². The fraction of sp³-hybridized carbons (Fsp3) is 0.0370. The van der Waals surface area contributed by atoms with Gasteiger partial charge < -0.3 is 4.42 Å². The average Bonchev–Trinajstić information content (AvgIpc) is 3.79. The Bertz CT molecular complexity index is 3130. The van der Waals surface area contributed by atoms with Crippen LogP contribution < -0.4 is 0 Å². The molecule has 1 aliphatic rings. The summed E-state index contributed by atoms with van der Waals surface area (Å²) in [5, 5.41) is 2.27. The normalized spacial score (nSPS) is 14.5. The van der Waals surface area contributed by atoms with Gasteiger partial charge in [-0.3, -0.25) is 0 Å². The van der Waals surface area contributed by atoms with Gasteiger partial charge in [-0.05, 0) is 93.4 Å². The van der Waals surface area contributed by atoms with Crippen LogP contribution in [0, 0.1) is 0 Å². The van der Waals surface area contributed by atoms with Crippen LogP contribution in [0.1, 0.15) is 23.6 Å². The second-order valence-corrected chi connectivity index (χ2v) is 15.1. The molecular formula is C54H36N2O. The molecule has 0 saturated carbocycles. The molecule has 11 rings (SSSR count). The average molecular weight is 729 g/mol. The third kappa shape index (κ3) is 5.50. The first-order valence-corrected chi connectivity index (χ1v) is 19.5. The first-order valence-electron chi connectivity index (χ1n) is 19.5. The highest BCUT2D eigenvalue weighted by molar-refractivity contribution is 6.05. The minimum Gasteiger partial charge on any atom is -0.456 e. The summed E-state index contributed by atoms with van der Waals surface area (Å²) >= 11 is 0. The van der Waals surface area contributed by atoms with E-state index in [-0.39, 0.29) is 5.41 Å². The zero-order valence-corrected chi connectivity index (χ0v) is 31.4. The van der Waals surface area contributed by atoms with E-state index in [1.165, 1.54) is 33.4 Å². The van der Waals surface area contributed by atoms with Gasteiger partial charge in [0.25, 0.3) is 0 Å².